The summed E-state index contributed by atoms with van der Waals surface area (Å²) in [4.78, 5) is 22.4. The van der Waals surface area contributed by atoms with Gasteiger partial charge in [0.2, 0.25) is 0 Å². The number of ether oxygens (including phenoxy) is 2. The van der Waals surface area contributed by atoms with E-state index in [1.807, 2.05) is 0 Å². The molecule has 0 saturated carbocycles. The van der Waals surface area contributed by atoms with Gasteiger partial charge in [-0.25, -0.2) is 4.79 Å². The number of methoxy groups -OCH3 is 1. The Bertz CT molecular complexity index is 470. The van der Waals surface area contributed by atoms with Crippen LogP contribution in [0.2, 0.25) is 0 Å². The highest BCUT2D eigenvalue weighted by Gasteiger charge is 2.20. The molecule has 0 aliphatic carbocycles. The molecule has 0 atom stereocenters. The smallest absolute Gasteiger partial charge is 0.340 e. The summed E-state index contributed by atoms with van der Waals surface area (Å²) in [6.07, 6.45) is 0. The quantitative estimate of drug-likeness (QED) is 0.529. The summed E-state index contributed by atoms with van der Waals surface area (Å²) in [5.74, 6) is -0.377. The summed E-state index contributed by atoms with van der Waals surface area (Å²) in [5, 5.41) is 2.58. The Morgan fingerprint density at radius 1 is 1.56 bits per heavy atom. The Morgan fingerprint density at radius 2 is 2.31 bits per heavy atom. The monoisotopic (exact) mass is 222 g/mol. The molecular formula is C10H10N2O4. The second kappa shape index (κ2) is 3.73. The van der Waals surface area contributed by atoms with Crippen molar-refractivity contribution >= 4 is 23.3 Å². The number of nitrogen functional groups attached to an aromatic ring is 1. The number of hydrogen-bond donors (Lipinski definition) is 2. The molecule has 84 valence electrons. The lowest BCUT2D eigenvalue weighted by molar-refractivity contribution is -0.118. The standard InChI is InChI=1S/C10H10N2O4/c1-15-10(14)5-2-7-8(3-6(5)11)16-4-9(13)12-7/h2-3H,4,11H2,1H3,(H,12,13). The Balaban J connectivity index is 2.46. The van der Waals surface area contributed by atoms with Crippen LogP contribution in [0.3, 0.4) is 0 Å². The summed E-state index contributed by atoms with van der Waals surface area (Å²) in [6, 6.07) is 2.93. The predicted molar refractivity (Wildman–Crippen MR) is 56.3 cm³/mol. The average molecular weight is 222 g/mol. The normalized spacial score (nSPS) is 13.4. The summed E-state index contributed by atoms with van der Waals surface area (Å²) >= 11 is 0. The number of esters is 1. The maximum absolute atomic E-state index is 11.3. The van der Waals surface area contributed by atoms with Crippen LogP contribution in [-0.4, -0.2) is 25.6 Å². The van der Waals surface area contributed by atoms with Gasteiger partial charge in [0.15, 0.2) is 6.61 Å². The summed E-state index contributed by atoms with van der Waals surface area (Å²) in [5.41, 5.74) is 6.54. The number of amides is 1. The van der Waals surface area contributed by atoms with Gasteiger partial charge >= 0.3 is 5.97 Å². The summed E-state index contributed by atoms with van der Waals surface area (Å²) < 4.78 is 9.70. The van der Waals surface area contributed by atoms with Gasteiger partial charge in [-0.2, -0.15) is 0 Å². The lowest BCUT2D eigenvalue weighted by Gasteiger charge is -2.19. The van der Waals surface area contributed by atoms with Gasteiger partial charge in [0.1, 0.15) is 5.75 Å². The van der Waals surface area contributed by atoms with E-state index in [1.54, 1.807) is 0 Å². The zero-order chi connectivity index (χ0) is 11.7. The molecule has 0 spiro atoms. The van der Waals surface area contributed by atoms with Crippen LogP contribution in [0.25, 0.3) is 0 Å². The Morgan fingerprint density at radius 3 is 3.00 bits per heavy atom. The van der Waals surface area contributed by atoms with Crippen molar-refractivity contribution < 1.29 is 19.1 Å². The maximum Gasteiger partial charge on any atom is 0.340 e. The second-order valence-electron chi connectivity index (χ2n) is 3.26. The van der Waals surface area contributed by atoms with E-state index in [9.17, 15) is 9.59 Å². The van der Waals surface area contributed by atoms with E-state index in [0.717, 1.165) is 0 Å². The van der Waals surface area contributed by atoms with Crippen LogP contribution < -0.4 is 15.8 Å². The first kappa shape index (κ1) is 10.3. The highest BCUT2D eigenvalue weighted by atomic mass is 16.5. The molecule has 2 rings (SSSR count). The molecule has 0 fully saturated rings. The Kier molecular flexibility index (Phi) is 2.40. The van der Waals surface area contributed by atoms with Crippen molar-refractivity contribution in [3.05, 3.63) is 17.7 Å². The number of carbonyl (C=O) groups excluding carboxylic acids is 2. The minimum atomic E-state index is -0.555. The molecule has 0 bridgehead atoms. The second-order valence-corrected chi connectivity index (χ2v) is 3.26. The van der Waals surface area contributed by atoms with E-state index in [1.165, 1.54) is 19.2 Å². The van der Waals surface area contributed by atoms with Crippen molar-refractivity contribution in [1.29, 1.82) is 0 Å². The van der Waals surface area contributed by atoms with Crippen molar-refractivity contribution in [1.82, 2.24) is 0 Å². The highest BCUT2D eigenvalue weighted by molar-refractivity contribution is 6.01. The lowest BCUT2D eigenvalue weighted by Crippen LogP contribution is -2.26. The number of nitrogens with one attached hydrogen (secondary N) is 1. The van der Waals surface area contributed by atoms with Gasteiger partial charge in [-0.3, -0.25) is 4.79 Å². The van der Waals surface area contributed by atoms with Gasteiger partial charge in [-0.05, 0) is 6.07 Å². The fourth-order valence-corrected chi connectivity index (χ4v) is 1.43. The van der Waals surface area contributed by atoms with Crippen molar-refractivity contribution in [3.63, 3.8) is 0 Å². The zero-order valence-corrected chi connectivity index (χ0v) is 8.57. The number of benzene rings is 1. The van der Waals surface area contributed by atoms with Crippen LogP contribution in [0.4, 0.5) is 11.4 Å². The van der Waals surface area contributed by atoms with Crippen LogP contribution in [0.15, 0.2) is 12.1 Å². The van der Waals surface area contributed by atoms with Gasteiger partial charge in [0.05, 0.1) is 18.4 Å². The number of rotatable bonds is 1. The zero-order valence-electron chi connectivity index (χ0n) is 8.57. The first-order valence-corrected chi connectivity index (χ1v) is 4.56. The third-order valence-electron chi connectivity index (χ3n) is 2.19. The van der Waals surface area contributed by atoms with Crippen molar-refractivity contribution in [2.24, 2.45) is 0 Å². The molecule has 1 heterocycles. The lowest BCUT2D eigenvalue weighted by atomic mass is 10.1. The number of fused-ring (bicyclic) bond motifs is 1. The minimum Gasteiger partial charge on any atom is -0.482 e. The third-order valence-corrected chi connectivity index (χ3v) is 2.19. The minimum absolute atomic E-state index is 0.0516. The van der Waals surface area contributed by atoms with Crippen molar-refractivity contribution in [2.45, 2.75) is 0 Å². The van der Waals surface area contributed by atoms with E-state index in [2.05, 4.69) is 10.1 Å². The molecule has 1 aliphatic rings. The average Bonchev–Trinajstić information content (AvgIpc) is 2.28. The van der Waals surface area contributed by atoms with E-state index in [4.69, 9.17) is 10.5 Å². The first-order chi connectivity index (χ1) is 7.61. The molecule has 1 aliphatic heterocycles. The molecule has 0 saturated heterocycles. The SMILES string of the molecule is COC(=O)c1cc2c(cc1N)OCC(=O)N2. The van der Waals surface area contributed by atoms with Gasteiger partial charge in [0.25, 0.3) is 5.91 Å². The molecule has 16 heavy (non-hydrogen) atoms. The molecular weight excluding hydrogens is 212 g/mol. The van der Waals surface area contributed by atoms with Crippen LogP contribution in [0.5, 0.6) is 5.75 Å². The molecule has 1 amide bonds. The molecule has 0 radical (unpaired) electrons. The fraction of sp³-hybridized carbons (Fsp3) is 0.200. The van der Waals surface area contributed by atoms with E-state index in [-0.39, 0.29) is 23.8 Å². The third kappa shape index (κ3) is 1.65. The molecule has 3 N–H and O–H groups in total. The fourth-order valence-electron chi connectivity index (χ4n) is 1.43. The molecule has 6 nitrogen and oxygen atoms in total. The van der Waals surface area contributed by atoms with E-state index >= 15 is 0 Å². The maximum atomic E-state index is 11.3. The predicted octanol–water partition coefficient (Wildman–Crippen LogP) is 0.386. The van der Waals surface area contributed by atoms with Gasteiger partial charge in [0, 0.05) is 11.8 Å². The van der Waals surface area contributed by atoms with Gasteiger partial charge in [-0.15, -0.1) is 0 Å². The molecule has 1 aromatic rings. The number of hydrogen-bond acceptors (Lipinski definition) is 5. The molecule has 0 aromatic heterocycles. The van der Waals surface area contributed by atoms with Crippen LogP contribution in [0.1, 0.15) is 10.4 Å². The molecule has 6 heteroatoms. The van der Waals surface area contributed by atoms with Gasteiger partial charge in [-0.1, -0.05) is 0 Å². The van der Waals surface area contributed by atoms with E-state index < -0.39 is 5.97 Å². The molecule has 1 aromatic carbocycles. The van der Waals surface area contributed by atoms with Crippen LogP contribution >= 0.6 is 0 Å². The number of nitrogens with two attached hydrogens (primary N) is 1. The first-order valence-electron chi connectivity index (χ1n) is 4.56. The van der Waals surface area contributed by atoms with E-state index in [0.29, 0.717) is 11.4 Å². The Hall–Kier alpha value is -2.24. The van der Waals surface area contributed by atoms with Gasteiger partial charge < -0.3 is 20.5 Å². The summed E-state index contributed by atoms with van der Waals surface area (Å²) in [6.45, 7) is -0.0516. The Labute approximate surface area is 91.3 Å². The number of carbonyl (C=O) groups is 2. The number of anilines is 2. The summed E-state index contributed by atoms with van der Waals surface area (Å²) in [7, 11) is 1.26. The van der Waals surface area contributed by atoms with Crippen molar-refractivity contribution in [2.75, 3.05) is 24.8 Å². The molecule has 0 unspecified atom stereocenters. The largest absolute Gasteiger partial charge is 0.482 e. The van der Waals surface area contributed by atoms with Crippen LogP contribution in [-0.2, 0) is 9.53 Å². The topological polar surface area (TPSA) is 90.7 Å². The van der Waals surface area contributed by atoms with Crippen molar-refractivity contribution in [3.8, 4) is 5.75 Å². The van der Waals surface area contributed by atoms with Crippen LogP contribution in [0, 0.1) is 0 Å². The highest BCUT2D eigenvalue weighted by Crippen LogP contribution is 2.32.